The Labute approximate surface area is 122 Å². The smallest absolute Gasteiger partial charge is 0.208 e. The van der Waals surface area contributed by atoms with Crippen molar-refractivity contribution in [3.63, 3.8) is 0 Å². The minimum atomic E-state index is 0.596. The molecule has 2 saturated heterocycles. The topological polar surface area (TPSA) is 45.4 Å². The highest BCUT2D eigenvalue weighted by Gasteiger charge is 2.43. The fourth-order valence-electron chi connectivity index (χ4n) is 3.57. The molecule has 2 aliphatic heterocycles. The third kappa shape index (κ3) is 2.03. The van der Waals surface area contributed by atoms with Crippen LogP contribution >= 0.6 is 11.3 Å². The van der Waals surface area contributed by atoms with Gasteiger partial charge in [-0.3, -0.25) is 4.90 Å². The number of likely N-dealkylation sites (tertiary alicyclic amines) is 1. The van der Waals surface area contributed by atoms with Gasteiger partial charge in [-0.2, -0.15) is 0 Å². The lowest BCUT2D eigenvalue weighted by molar-refractivity contribution is 0.225. The third-order valence-electron chi connectivity index (χ3n) is 4.44. The average Bonchev–Trinajstić information content (AvgIpc) is 3.16. The van der Waals surface area contributed by atoms with Crippen LogP contribution < -0.4 is 4.90 Å². The van der Waals surface area contributed by atoms with E-state index in [-0.39, 0.29) is 0 Å². The van der Waals surface area contributed by atoms with E-state index in [0.29, 0.717) is 12.1 Å². The van der Waals surface area contributed by atoms with Gasteiger partial charge in [0.25, 0.3) is 0 Å². The fourth-order valence-corrected chi connectivity index (χ4v) is 4.22. The summed E-state index contributed by atoms with van der Waals surface area (Å²) >= 11 is 1.64. The second-order valence-corrected chi connectivity index (χ2v) is 6.42. The summed E-state index contributed by atoms with van der Waals surface area (Å²) in [5.74, 6) is 2.08. The molecule has 0 radical (unpaired) electrons. The molecule has 2 aliphatic rings. The molecule has 5 nitrogen and oxygen atoms in total. The van der Waals surface area contributed by atoms with Crippen LogP contribution in [0.15, 0.2) is 22.1 Å². The molecule has 0 N–H and O–H groups in total. The summed E-state index contributed by atoms with van der Waals surface area (Å²) in [6.07, 6.45) is 2.42. The highest BCUT2D eigenvalue weighted by atomic mass is 32.1. The minimum Gasteiger partial charge on any atom is -0.465 e. The summed E-state index contributed by atoms with van der Waals surface area (Å²) in [7, 11) is 0. The summed E-state index contributed by atoms with van der Waals surface area (Å²) < 4.78 is 5.72. The van der Waals surface area contributed by atoms with E-state index in [2.05, 4.69) is 26.1 Å². The van der Waals surface area contributed by atoms with Crippen LogP contribution in [-0.2, 0) is 6.54 Å². The van der Waals surface area contributed by atoms with Gasteiger partial charge in [-0.25, -0.2) is 0 Å². The minimum absolute atomic E-state index is 0.596. The summed E-state index contributed by atoms with van der Waals surface area (Å²) in [5, 5.41) is 9.27. The van der Waals surface area contributed by atoms with Gasteiger partial charge >= 0.3 is 0 Å². The molecular weight excluding hydrogens is 272 g/mol. The summed E-state index contributed by atoms with van der Waals surface area (Å²) in [6.45, 7) is 5.17. The molecule has 106 valence electrons. The Kier molecular flexibility index (Phi) is 3.00. The summed E-state index contributed by atoms with van der Waals surface area (Å²) in [6, 6.07) is 5.37. The van der Waals surface area contributed by atoms with E-state index in [0.717, 1.165) is 36.3 Å². The molecule has 0 unspecified atom stereocenters. The zero-order valence-corrected chi connectivity index (χ0v) is 12.3. The molecule has 0 aromatic carbocycles. The summed E-state index contributed by atoms with van der Waals surface area (Å²) in [5.41, 5.74) is 1.82. The van der Waals surface area contributed by atoms with E-state index in [1.165, 1.54) is 12.8 Å². The molecule has 2 fully saturated rings. The predicted molar refractivity (Wildman–Crippen MR) is 77.9 cm³/mol. The van der Waals surface area contributed by atoms with Gasteiger partial charge < -0.3 is 9.32 Å². The van der Waals surface area contributed by atoms with Crippen LogP contribution in [0.25, 0.3) is 0 Å². The average molecular weight is 290 g/mol. The number of anilines is 1. The normalized spacial score (nSPS) is 26.4. The monoisotopic (exact) mass is 290 g/mol. The van der Waals surface area contributed by atoms with Gasteiger partial charge in [0.1, 0.15) is 17.0 Å². The largest absolute Gasteiger partial charge is 0.465 e. The Hall–Kier alpha value is -1.40. The van der Waals surface area contributed by atoms with Crippen LogP contribution in [0.1, 0.15) is 24.4 Å². The molecule has 6 heteroatoms. The second kappa shape index (κ2) is 4.86. The Morgan fingerprint density at radius 1 is 1.30 bits per heavy atom. The maximum absolute atomic E-state index is 5.72. The number of hydrogen-bond donors (Lipinski definition) is 0. The van der Waals surface area contributed by atoms with E-state index in [4.69, 9.17) is 4.42 Å². The van der Waals surface area contributed by atoms with E-state index in [9.17, 15) is 0 Å². The fraction of sp³-hybridized carbons (Fsp3) is 0.571. The van der Waals surface area contributed by atoms with Crippen LogP contribution in [0, 0.1) is 6.92 Å². The highest BCUT2D eigenvalue weighted by molar-refractivity contribution is 7.13. The van der Waals surface area contributed by atoms with E-state index >= 15 is 0 Å². The highest BCUT2D eigenvalue weighted by Crippen LogP contribution is 2.36. The molecule has 0 bridgehead atoms. The molecule has 2 atom stereocenters. The first-order valence-corrected chi connectivity index (χ1v) is 8.01. The quantitative estimate of drug-likeness (QED) is 0.868. The Morgan fingerprint density at radius 2 is 2.20 bits per heavy atom. The lowest BCUT2D eigenvalue weighted by atomic mass is 10.1. The molecule has 2 aromatic heterocycles. The van der Waals surface area contributed by atoms with Crippen molar-refractivity contribution in [1.29, 1.82) is 0 Å². The second-order valence-electron chi connectivity index (χ2n) is 5.61. The van der Waals surface area contributed by atoms with Crippen LogP contribution in [0.3, 0.4) is 0 Å². The Balaban J connectivity index is 1.48. The van der Waals surface area contributed by atoms with Crippen molar-refractivity contribution in [2.75, 3.05) is 18.0 Å². The first kappa shape index (κ1) is 12.3. The van der Waals surface area contributed by atoms with Crippen molar-refractivity contribution < 1.29 is 4.42 Å². The van der Waals surface area contributed by atoms with Gasteiger partial charge in [0, 0.05) is 25.2 Å². The molecule has 4 heterocycles. The van der Waals surface area contributed by atoms with Crippen molar-refractivity contribution in [3.05, 3.63) is 29.2 Å². The van der Waals surface area contributed by atoms with Crippen LogP contribution in [-0.4, -0.2) is 40.3 Å². The van der Waals surface area contributed by atoms with Gasteiger partial charge in [0.05, 0.1) is 6.54 Å². The van der Waals surface area contributed by atoms with E-state index in [1.54, 1.807) is 11.3 Å². The van der Waals surface area contributed by atoms with Gasteiger partial charge in [0.15, 0.2) is 0 Å². The zero-order chi connectivity index (χ0) is 13.5. The van der Waals surface area contributed by atoms with Gasteiger partial charge in [-0.05, 0) is 31.9 Å². The number of fused-ring (bicyclic) bond motifs is 1. The molecule has 20 heavy (non-hydrogen) atoms. The molecule has 0 saturated carbocycles. The third-order valence-corrected chi connectivity index (χ3v) is 5.17. The van der Waals surface area contributed by atoms with Crippen LogP contribution in [0.5, 0.6) is 0 Å². The Morgan fingerprint density at radius 3 is 2.95 bits per heavy atom. The molecule has 0 aliphatic carbocycles. The molecule has 2 aromatic rings. The first-order valence-electron chi connectivity index (χ1n) is 7.13. The van der Waals surface area contributed by atoms with Crippen molar-refractivity contribution in [3.8, 4) is 0 Å². The number of rotatable bonds is 3. The van der Waals surface area contributed by atoms with Crippen molar-refractivity contribution in [2.24, 2.45) is 0 Å². The van der Waals surface area contributed by atoms with Gasteiger partial charge in [0.2, 0.25) is 5.13 Å². The van der Waals surface area contributed by atoms with Crippen LogP contribution in [0.4, 0.5) is 5.13 Å². The molecule has 4 rings (SSSR count). The number of aryl methyl sites for hydroxylation is 1. The molecular formula is C14H18N4OS. The van der Waals surface area contributed by atoms with Gasteiger partial charge in [-0.15, -0.1) is 10.2 Å². The number of hydrogen-bond acceptors (Lipinski definition) is 6. The summed E-state index contributed by atoms with van der Waals surface area (Å²) in [4.78, 5) is 5.00. The standard InChI is InChI=1S/C14H18N4OS/c1-10-2-3-11(19-10)8-17-6-4-13-12(17)5-7-18(13)14-16-15-9-20-14/h2-3,9,12-13H,4-8H2,1H3/t12-,13+/m0/s1. The maximum Gasteiger partial charge on any atom is 0.208 e. The number of nitrogens with zero attached hydrogens (tertiary/aromatic N) is 4. The van der Waals surface area contributed by atoms with Crippen LogP contribution in [0.2, 0.25) is 0 Å². The first-order chi connectivity index (χ1) is 9.81. The number of furan rings is 1. The van der Waals surface area contributed by atoms with E-state index in [1.807, 2.05) is 18.5 Å². The van der Waals surface area contributed by atoms with E-state index < -0.39 is 0 Å². The lowest BCUT2D eigenvalue weighted by Crippen LogP contribution is -2.36. The maximum atomic E-state index is 5.72. The van der Waals surface area contributed by atoms with Crippen molar-refractivity contribution in [2.45, 2.75) is 38.4 Å². The van der Waals surface area contributed by atoms with Gasteiger partial charge in [-0.1, -0.05) is 11.3 Å². The zero-order valence-electron chi connectivity index (χ0n) is 11.5. The Bertz CT molecular complexity index is 582. The lowest BCUT2D eigenvalue weighted by Gasteiger charge is -2.24. The van der Waals surface area contributed by atoms with Crippen molar-refractivity contribution in [1.82, 2.24) is 15.1 Å². The number of aromatic nitrogens is 2. The van der Waals surface area contributed by atoms with Crippen molar-refractivity contribution >= 4 is 16.5 Å². The molecule has 0 amide bonds. The SMILES string of the molecule is Cc1ccc(CN2CC[C@@H]3[C@@H]2CCN3c2nncs2)o1. The predicted octanol–water partition coefficient (Wildman–Crippen LogP) is 2.29. The molecule has 0 spiro atoms.